The van der Waals surface area contributed by atoms with Crippen LogP contribution in [-0.4, -0.2) is 33.7 Å². The fourth-order valence-corrected chi connectivity index (χ4v) is 7.56. The van der Waals surface area contributed by atoms with E-state index in [0.29, 0.717) is 11.8 Å². The third-order valence-electron chi connectivity index (χ3n) is 9.40. The quantitative estimate of drug-likeness (QED) is 0.197. The zero-order valence-corrected chi connectivity index (χ0v) is 23.1. The summed E-state index contributed by atoms with van der Waals surface area (Å²) in [6.07, 6.45) is 5.72. The number of quaternary nitrogens is 1. The maximum absolute atomic E-state index is 12.1. The lowest BCUT2D eigenvalue weighted by atomic mass is 9.71. The maximum atomic E-state index is 12.1. The van der Waals surface area contributed by atoms with Gasteiger partial charge < -0.3 is 26.6 Å². The average molecular weight is 566 g/mol. The van der Waals surface area contributed by atoms with Crippen LogP contribution in [0.15, 0.2) is 104 Å². The molecule has 1 aromatic heterocycles. The molecule has 5 atom stereocenters. The second kappa shape index (κ2) is 9.92. The smallest absolute Gasteiger partial charge is 0.131 e. The lowest BCUT2D eigenvalue weighted by Crippen LogP contribution is -3.00. The number of halogens is 1. The minimum atomic E-state index is -0.539. The van der Waals surface area contributed by atoms with E-state index in [9.17, 15) is 5.11 Å². The van der Waals surface area contributed by atoms with Crippen LogP contribution in [0.1, 0.15) is 30.1 Å². The van der Waals surface area contributed by atoms with E-state index < -0.39 is 6.10 Å². The first-order valence-corrected chi connectivity index (χ1v) is 13.6. The van der Waals surface area contributed by atoms with Crippen molar-refractivity contribution >= 4 is 32.4 Å². The number of aromatic nitrogens is 1. The highest BCUT2D eigenvalue weighted by Crippen LogP contribution is 2.49. The van der Waals surface area contributed by atoms with E-state index in [1.54, 1.807) is 0 Å². The van der Waals surface area contributed by atoms with E-state index in [2.05, 4.69) is 78.3 Å². The van der Waals surface area contributed by atoms with Crippen molar-refractivity contribution in [1.82, 2.24) is 4.98 Å². The minimum Gasteiger partial charge on any atom is -1.00 e. The van der Waals surface area contributed by atoms with E-state index in [1.807, 2.05) is 30.5 Å². The van der Waals surface area contributed by atoms with Gasteiger partial charge in [-0.05, 0) is 51.2 Å². The summed E-state index contributed by atoms with van der Waals surface area (Å²) in [5, 5.41) is 18.4. The molecule has 8 rings (SSSR count). The van der Waals surface area contributed by atoms with E-state index in [4.69, 9.17) is 0 Å². The van der Waals surface area contributed by atoms with Crippen molar-refractivity contribution in [2.24, 2.45) is 11.8 Å². The van der Waals surface area contributed by atoms with Gasteiger partial charge >= 0.3 is 0 Å². The van der Waals surface area contributed by atoms with Gasteiger partial charge in [0.05, 0.1) is 18.6 Å². The summed E-state index contributed by atoms with van der Waals surface area (Å²) in [7, 11) is 0. The van der Waals surface area contributed by atoms with Gasteiger partial charge in [-0.1, -0.05) is 72.8 Å². The van der Waals surface area contributed by atoms with Crippen LogP contribution in [0.2, 0.25) is 0 Å². The van der Waals surface area contributed by atoms with Gasteiger partial charge in [0.15, 0.2) is 0 Å². The molecule has 192 valence electrons. The van der Waals surface area contributed by atoms with Crippen LogP contribution in [0.25, 0.3) is 32.4 Å². The van der Waals surface area contributed by atoms with Gasteiger partial charge in [0.2, 0.25) is 0 Å². The Labute approximate surface area is 234 Å². The number of aliphatic hydroxyl groups excluding tert-OH is 1. The van der Waals surface area contributed by atoms with Gasteiger partial charge in [0.25, 0.3) is 0 Å². The fraction of sp³-hybridized carbons (Fsp3) is 0.265. The molecule has 3 saturated heterocycles. The molecule has 0 aliphatic carbocycles. The Balaban J connectivity index is 0.00000264. The molecule has 4 heteroatoms. The van der Waals surface area contributed by atoms with Gasteiger partial charge in [0, 0.05) is 35.9 Å². The Kier molecular flexibility index (Phi) is 6.59. The molecule has 0 saturated carbocycles. The number of para-hydroxylation sites is 1. The summed E-state index contributed by atoms with van der Waals surface area (Å²) >= 11 is 0. The summed E-state index contributed by atoms with van der Waals surface area (Å²) in [5.74, 6) is 1.09. The van der Waals surface area contributed by atoms with Crippen molar-refractivity contribution in [2.75, 3.05) is 13.1 Å². The Hall–Kier alpha value is -3.05. The number of nitrogens with zero attached hydrogens (tertiary/aromatic N) is 2. The van der Waals surface area contributed by atoms with Crippen LogP contribution < -0.4 is 17.0 Å². The Morgan fingerprint density at radius 2 is 1.58 bits per heavy atom. The first kappa shape index (κ1) is 25.2. The Morgan fingerprint density at radius 1 is 0.921 bits per heavy atom. The number of pyridine rings is 1. The molecule has 0 amide bonds. The van der Waals surface area contributed by atoms with Crippen LogP contribution in [0.5, 0.6) is 0 Å². The molecule has 1 unspecified atom stereocenters. The topological polar surface area (TPSA) is 33.1 Å². The van der Waals surface area contributed by atoms with Crippen molar-refractivity contribution in [3.8, 4) is 0 Å². The molecular weight excluding hydrogens is 532 g/mol. The molecule has 4 aromatic carbocycles. The average Bonchev–Trinajstić information content (AvgIpc) is 2.96. The van der Waals surface area contributed by atoms with Crippen molar-refractivity contribution in [3.63, 3.8) is 0 Å². The van der Waals surface area contributed by atoms with Crippen molar-refractivity contribution in [1.29, 1.82) is 0 Å². The normalized spacial score (nSPS) is 25.3. The highest BCUT2D eigenvalue weighted by molar-refractivity contribution is 6.02. The maximum Gasteiger partial charge on any atom is 0.131 e. The molecule has 38 heavy (non-hydrogen) atoms. The van der Waals surface area contributed by atoms with E-state index in [-0.39, 0.29) is 23.0 Å². The Morgan fingerprint density at radius 3 is 2.29 bits per heavy atom. The Bertz CT molecular complexity index is 1590. The van der Waals surface area contributed by atoms with Crippen molar-refractivity contribution in [3.05, 3.63) is 115 Å². The monoisotopic (exact) mass is 564 g/mol. The lowest BCUT2D eigenvalue weighted by Gasteiger charge is -2.58. The van der Waals surface area contributed by atoms with Crippen molar-refractivity contribution < 1.29 is 26.6 Å². The molecule has 1 N–H and O–H groups in total. The highest BCUT2D eigenvalue weighted by atomic mass is 79.9. The van der Waals surface area contributed by atoms with Gasteiger partial charge in [-0.2, -0.15) is 0 Å². The number of fused-ring (bicyclic) bond motifs is 6. The standard InChI is InChI=1S/C34H33N2O.BrH/c1-2-23-21-36(22-31-27-11-5-3-9-25(27)19-26-10-4-6-12-28(26)31)18-16-24(23)20-33(36)34(37)30-15-17-35-32-14-8-7-13-29(30)32;/h2-15,17,19,23-24,33-34,37H,1,16,18,20-22H2;1H/q+1;/p-1/t23-,24-,33-,34+,36?;/m0./s1. The summed E-state index contributed by atoms with van der Waals surface area (Å²) in [5.41, 5.74) is 3.37. The molecular formula is C34H33BrN2O. The number of rotatable bonds is 5. The van der Waals surface area contributed by atoms with Gasteiger partial charge in [-0.25, -0.2) is 0 Å². The third kappa shape index (κ3) is 3.98. The summed E-state index contributed by atoms with van der Waals surface area (Å²) < 4.78 is 0.906. The molecule has 2 bridgehead atoms. The summed E-state index contributed by atoms with van der Waals surface area (Å²) in [6.45, 7) is 7.28. The fourth-order valence-electron chi connectivity index (χ4n) is 7.56. The zero-order valence-electron chi connectivity index (χ0n) is 21.5. The second-order valence-electron chi connectivity index (χ2n) is 11.2. The first-order chi connectivity index (χ1) is 18.2. The molecule has 4 heterocycles. The SMILES string of the molecule is C=C[C@H]1C[N+]2(Cc3c4ccccc4cc4ccccc34)CC[C@H]1C[C@H]2[C@H](O)c1ccnc2ccccc12.[Br-]. The van der Waals surface area contributed by atoms with Gasteiger partial charge in [0.1, 0.15) is 18.7 Å². The van der Waals surface area contributed by atoms with Crippen LogP contribution >= 0.6 is 0 Å². The molecule has 0 radical (unpaired) electrons. The van der Waals surface area contributed by atoms with E-state index in [1.165, 1.54) is 33.5 Å². The van der Waals surface area contributed by atoms with Gasteiger partial charge in [-0.15, -0.1) is 6.58 Å². The molecule has 3 aliphatic rings. The highest BCUT2D eigenvalue weighted by Gasteiger charge is 2.54. The van der Waals surface area contributed by atoms with E-state index in [0.717, 1.165) is 47.0 Å². The number of hydrogen-bond donors (Lipinski definition) is 1. The number of piperidine rings is 3. The summed E-state index contributed by atoms with van der Waals surface area (Å²) in [4.78, 5) is 4.57. The van der Waals surface area contributed by atoms with Gasteiger partial charge in [-0.3, -0.25) is 4.98 Å². The van der Waals surface area contributed by atoms with Crippen LogP contribution in [0.4, 0.5) is 0 Å². The van der Waals surface area contributed by atoms with Crippen LogP contribution in [-0.2, 0) is 6.54 Å². The molecule has 5 aromatic rings. The molecule has 3 aliphatic heterocycles. The predicted octanol–water partition coefficient (Wildman–Crippen LogP) is 4.19. The number of benzene rings is 4. The molecule has 3 nitrogen and oxygen atoms in total. The predicted molar refractivity (Wildman–Crippen MR) is 152 cm³/mol. The van der Waals surface area contributed by atoms with E-state index >= 15 is 0 Å². The minimum absolute atomic E-state index is 0. The largest absolute Gasteiger partial charge is 1.00 e. The number of hydrogen-bond acceptors (Lipinski definition) is 2. The third-order valence-corrected chi connectivity index (χ3v) is 9.40. The molecule has 0 spiro atoms. The lowest BCUT2D eigenvalue weighted by molar-refractivity contribution is -0.984. The van der Waals surface area contributed by atoms with Crippen molar-refractivity contribution in [2.45, 2.75) is 31.5 Å². The second-order valence-corrected chi connectivity index (χ2v) is 11.2. The van der Waals surface area contributed by atoms with Crippen LogP contribution in [0.3, 0.4) is 0 Å². The molecule has 3 fully saturated rings. The zero-order chi connectivity index (χ0) is 25.0. The summed E-state index contributed by atoms with van der Waals surface area (Å²) in [6, 6.07) is 30.3. The first-order valence-electron chi connectivity index (χ1n) is 13.6. The number of aliphatic hydroxyl groups is 1. The van der Waals surface area contributed by atoms with Crippen LogP contribution in [0, 0.1) is 11.8 Å².